The zero-order valence-electron chi connectivity index (χ0n) is 17.4. The lowest BCUT2D eigenvalue weighted by Crippen LogP contribution is -2.46. The average Bonchev–Trinajstić information content (AvgIpc) is 3.39. The van der Waals surface area contributed by atoms with E-state index in [1.54, 1.807) is 11.9 Å². The maximum Gasteiger partial charge on any atom is 0.224 e. The highest BCUT2D eigenvalue weighted by Gasteiger charge is 2.30. The van der Waals surface area contributed by atoms with E-state index in [4.69, 9.17) is 0 Å². The summed E-state index contributed by atoms with van der Waals surface area (Å²) >= 11 is 0. The van der Waals surface area contributed by atoms with Gasteiger partial charge in [-0.2, -0.15) is 0 Å². The number of amides is 1. The van der Waals surface area contributed by atoms with E-state index < -0.39 is 0 Å². The predicted octanol–water partition coefficient (Wildman–Crippen LogP) is 2.22. The van der Waals surface area contributed by atoms with Crippen LogP contribution in [0.25, 0.3) is 0 Å². The van der Waals surface area contributed by atoms with Gasteiger partial charge in [-0.3, -0.25) is 14.7 Å². The van der Waals surface area contributed by atoms with E-state index in [1.807, 2.05) is 37.4 Å². The van der Waals surface area contributed by atoms with Gasteiger partial charge in [-0.1, -0.05) is 43.2 Å². The van der Waals surface area contributed by atoms with E-state index >= 15 is 0 Å². The minimum absolute atomic E-state index is 0.139. The molecule has 1 heterocycles. The number of benzene rings is 1. The number of likely N-dealkylation sites (tertiary alicyclic amines) is 1. The van der Waals surface area contributed by atoms with Crippen LogP contribution in [-0.4, -0.2) is 67.5 Å². The standard InChI is InChI=1S/C22H35N5O/c1-23-22(25-19-13-15-27(17-19)20-10-6-7-11-20)24-14-12-21(28)26(2)16-18-8-4-3-5-9-18/h3-5,8-9,19-20H,6-7,10-17H2,1-2H3,(H2,23,24,25). The number of hydrogen-bond donors (Lipinski definition) is 2. The maximum absolute atomic E-state index is 12.4. The number of carbonyl (C=O) groups excluding carboxylic acids is 1. The summed E-state index contributed by atoms with van der Waals surface area (Å²) in [4.78, 5) is 21.1. The maximum atomic E-state index is 12.4. The number of nitrogens with zero attached hydrogens (tertiary/aromatic N) is 3. The molecule has 1 unspecified atom stereocenters. The number of guanidine groups is 1. The summed E-state index contributed by atoms with van der Waals surface area (Å²) in [6, 6.07) is 11.3. The van der Waals surface area contributed by atoms with Crippen LogP contribution in [0.4, 0.5) is 0 Å². The van der Waals surface area contributed by atoms with E-state index in [9.17, 15) is 4.79 Å². The molecule has 154 valence electrons. The third kappa shape index (κ3) is 5.96. The highest BCUT2D eigenvalue weighted by Crippen LogP contribution is 2.26. The number of hydrogen-bond acceptors (Lipinski definition) is 3. The van der Waals surface area contributed by atoms with Gasteiger partial charge in [0.15, 0.2) is 5.96 Å². The minimum atomic E-state index is 0.139. The Bertz CT molecular complexity index is 642. The highest BCUT2D eigenvalue weighted by atomic mass is 16.2. The van der Waals surface area contributed by atoms with Crippen LogP contribution in [0.1, 0.15) is 44.1 Å². The molecule has 0 aromatic heterocycles. The topological polar surface area (TPSA) is 60.0 Å². The number of rotatable bonds is 7. The molecule has 0 spiro atoms. The molecule has 0 radical (unpaired) electrons. The van der Waals surface area contributed by atoms with E-state index in [1.165, 1.54) is 32.2 Å². The third-order valence-electron chi connectivity index (χ3n) is 5.94. The second-order valence-electron chi connectivity index (χ2n) is 8.05. The van der Waals surface area contributed by atoms with Gasteiger partial charge in [0.1, 0.15) is 0 Å². The molecule has 0 bridgehead atoms. The number of nitrogens with one attached hydrogen (secondary N) is 2. The van der Waals surface area contributed by atoms with Crippen molar-refractivity contribution in [1.29, 1.82) is 0 Å². The van der Waals surface area contributed by atoms with Crippen molar-refractivity contribution in [2.75, 3.05) is 33.7 Å². The predicted molar refractivity (Wildman–Crippen MR) is 114 cm³/mol. The van der Waals surface area contributed by atoms with Crippen LogP contribution < -0.4 is 10.6 Å². The first kappa shape index (κ1) is 20.6. The van der Waals surface area contributed by atoms with Gasteiger partial charge in [-0.15, -0.1) is 0 Å². The molecule has 2 fully saturated rings. The van der Waals surface area contributed by atoms with Crippen LogP contribution >= 0.6 is 0 Å². The van der Waals surface area contributed by atoms with Crippen LogP contribution in [0.2, 0.25) is 0 Å². The summed E-state index contributed by atoms with van der Waals surface area (Å²) in [6.45, 7) is 3.52. The van der Waals surface area contributed by atoms with Crippen molar-refractivity contribution in [3.05, 3.63) is 35.9 Å². The first-order valence-electron chi connectivity index (χ1n) is 10.6. The van der Waals surface area contributed by atoms with Crippen molar-refractivity contribution in [2.45, 2.75) is 57.2 Å². The van der Waals surface area contributed by atoms with Gasteiger partial charge in [0.2, 0.25) is 5.91 Å². The number of aliphatic imine (C=N–C) groups is 1. The second-order valence-corrected chi connectivity index (χ2v) is 8.05. The lowest BCUT2D eigenvalue weighted by molar-refractivity contribution is -0.130. The van der Waals surface area contributed by atoms with Crippen LogP contribution in [0, 0.1) is 0 Å². The van der Waals surface area contributed by atoms with Gasteiger partial charge >= 0.3 is 0 Å². The van der Waals surface area contributed by atoms with Crippen molar-refractivity contribution < 1.29 is 4.79 Å². The Labute approximate surface area is 169 Å². The molecule has 1 aliphatic carbocycles. The molecule has 1 amide bonds. The molecule has 6 nitrogen and oxygen atoms in total. The Morgan fingerprint density at radius 1 is 1.21 bits per heavy atom. The summed E-state index contributed by atoms with van der Waals surface area (Å²) in [5, 5.41) is 6.84. The van der Waals surface area contributed by atoms with E-state index in [0.29, 0.717) is 25.6 Å². The summed E-state index contributed by atoms with van der Waals surface area (Å²) in [5.41, 5.74) is 1.15. The van der Waals surface area contributed by atoms with Crippen molar-refractivity contribution in [1.82, 2.24) is 20.4 Å². The summed E-state index contributed by atoms with van der Waals surface area (Å²) in [6.07, 6.45) is 7.11. The molecular formula is C22H35N5O. The quantitative estimate of drug-likeness (QED) is 0.558. The Kier molecular flexibility index (Phi) is 7.71. The minimum Gasteiger partial charge on any atom is -0.356 e. The second kappa shape index (κ2) is 10.5. The largest absolute Gasteiger partial charge is 0.356 e. The lowest BCUT2D eigenvalue weighted by Gasteiger charge is -2.24. The smallest absolute Gasteiger partial charge is 0.224 e. The molecule has 1 saturated heterocycles. The summed E-state index contributed by atoms with van der Waals surface area (Å²) in [7, 11) is 3.65. The first-order chi connectivity index (χ1) is 13.7. The van der Waals surface area contributed by atoms with Crippen LogP contribution in [-0.2, 0) is 11.3 Å². The van der Waals surface area contributed by atoms with E-state index in [0.717, 1.165) is 30.5 Å². The van der Waals surface area contributed by atoms with E-state index in [2.05, 4.69) is 20.5 Å². The van der Waals surface area contributed by atoms with Gasteiger partial charge in [0.25, 0.3) is 0 Å². The van der Waals surface area contributed by atoms with Gasteiger partial charge in [-0.25, -0.2) is 0 Å². The Morgan fingerprint density at radius 3 is 2.68 bits per heavy atom. The van der Waals surface area contributed by atoms with E-state index in [-0.39, 0.29) is 5.91 Å². The molecule has 1 aromatic carbocycles. The number of carbonyl (C=O) groups is 1. The van der Waals surface area contributed by atoms with Crippen molar-refractivity contribution in [3.8, 4) is 0 Å². The first-order valence-corrected chi connectivity index (χ1v) is 10.6. The highest BCUT2D eigenvalue weighted by molar-refractivity contribution is 5.81. The average molecular weight is 386 g/mol. The fraction of sp³-hybridized carbons (Fsp3) is 0.636. The molecule has 28 heavy (non-hydrogen) atoms. The van der Waals surface area contributed by atoms with Crippen molar-refractivity contribution >= 4 is 11.9 Å². The molecule has 2 aliphatic rings. The molecule has 6 heteroatoms. The van der Waals surface area contributed by atoms with Gasteiger partial charge in [-0.05, 0) is 24.8 Å². The molecule has 1 saturated carbocycles. The Balaban J connectivity index is 1.35. The zero-order chi connectivity index (χ0) is 19.8. The fourth-order valence-electron chi connectivity index (χ4n) is 4.32. The van der Waals surface area contributed by atoms with Gasteiger partial charge in [0.05, 0.1) is 0 Å². The fourth-order valence-corrected chi connectivity index (χ4v) is 4.32. The summed E-state index contributed by atoms with van der Waals surface area (Å²) < 4.78 is 0. The monoisotopic (exact) mass is 385 g/mol. The summed E-state index contributed by atoms with van der Waals surface area (Å²) in [5.74, 6) is 0.942. The molecule has 2 N–H and O–H groups in total. The Hall–Kier alpha value is -2.08. The molecule has 1 atom stereocenters. The zero-order valence-corrected chi connectivity index (χ0v) is 17.4. The lowest BCUT2D eigenvalue weighted by atomic mass is 10.2. The van der Waals surface area contributed by atoms with Gasteiger partial charge in [0, 0.05) is 58.8 Å². The molecule has 1 aliphatic heterocycles. The normalized spacial score (nSPS) is 21.1. The molecule has 3 rings (SSSR count). The SMILES string of the molecule is CN=C(NCCC(=O)N(C)Cc1ccccc1)NC1CCN(C2CCCC2)C1. The Morgan fingerprint density at radius 2 is 1.96 bits per heavy atom. The van der Waals surface area contributed by atoms with Gasteiger partial charge < -0.3 is 15.5 Å². The van der Waals surface area contributed by atoms with Crippen molar-refractivity contribution in [3.63, 3.8) is 0 Å². The van der Waals surface area contributed by atoms with Crippen molar-refractivity contribution in [2.24, 2.45) is 4.99 Å². The molecular weight excluding hydrogens is 350 g/mol. The van der Waals surface area contributed by atoms with Crippen LogP contribution in [0.3, 0.4) is 0 Å². The van der Waals surface area contributed by atoms with Crippen LogP contribution in [0.15, 0.2) is 35.3 Å². The third-order valence-corrected chi connectivity index (χ3v) is 5.94. The molecule has 1 aromatic rings. The van der Waals surface area contributed by atoms with Crippen LogP contribution in [0.5, 0.6) is 0 Å².